The Morgan fingerprint density at radius 2 is 1.80 bits per heavy atom. The molecule has 1 aliphatic carbocycles. The van der Waals surface area contributed by atoms with Crippen molar-refractivity contribution in [3.8, 4) is 5.75 Å². The Balaban J connectivity index is 1.19. The maximum Gasteiger partial charge on any atom is 0.260 e. The molecule has 1 aliphatic heterocycles. The lowest BCUT2D eigenvalue weighted by atomic mass is 10.1. The van der Waals surface area contributed by atoms with Gasteiger partial charge in [0.2, 0.25) is 5.91 Å². The van der Waals surface area contributed by atoms with E-state index in [-0.39, 0.29) is 30.8 Å². The van der Waals surface area contributed by atoms with Crippen LogP contribution in [0.2, 0.25) is 0 Å². The number of rotatable bonds is 6. The highest BCUT2D eigenvalue weighted by molar-refractivity contribution is 5.92. The van der Waals surface area contributed by atoms with Gasteiger partial charge >= 0.3 is 0 Å². The molecule has 0 atom stereocenters. The summed E-state index contributed by atoms with van der Waals surface area (Å²) in [5.74, 6) is 0.123. The highest BCUT2D eigenvalue weighted by Gasteiger charge is 2.23. The average Bonchev–Trinajstić information content (AvgIpc) is 3.20. The van der Waals surface area contributed by atoms with Gasteiger partial charge < -0.3 is 15.0 Å². The van der Waals surface area contributed by atoms with Gasteiger partial charge in [-0.2, -0.15) is 0 Å². The lowest BCUT2D eigenvalue weighted by Crippen LogP contribution is -2.51. The molecule has 30 heavy (non-hydrogen) atoms. The number of anilines is 1. The van der Waals surface area contributed by atoms with E-state index in [9.17, 15) is 14.0 Å². The molecular weight excluding hydrogens is 385 g/mol. The topological polar surface area (TPSA) is 61.9 Å². The molecule has 0 unspecified atom stereocenters. The van der Waals surface area contributed by atoms with Crippen molar-refractivity contribution in [1.29, 1.82) is 0 Å². The lowest BCUT2D eigenvalue weighted by Gasteiger charge is -2.34. The molecule has 2 amide bonds. The van der Waals surface area contributed by atoms with Crippen molar-refractivity contribution in [2.24, 2.45) is 0 Å². The zero-order valence-electron chi connectivity index (χ0n) is 16.9. The van der Waals surface area contributed by atoms with Gasteiger partial charge in [-0.3, -0.25) is 14.5 Å². The second-order valence-corrected chi connectivity index (χ2v) is 7.79. The molecule has 0 saturated carbocycles. The fourth-order valence-corrected chi connectivity index (χ4v) is 4.00. The van der Waals surface area contributed by atoms with Crippen molar-refractivity contribution in [1.82, 2.24) is 9.80 Å². The van der Waals surface area contributed by atoms with Crippen LogP contribution in [-0.4, -0.2) is 60.9 Å². The zero-order chi connectivity index (χ0) is 20.9. The summed E-state index contributed by atoms with van der Waals surface area (Å²) < 4.78 is 18.9. The van der Waals surface area contributed by atoms with E-state index in [1.807, 2.05) is 17.0 Å². The first-order valence-electron chi connectivity index (χ1n) is 10.4. The minimum Gasteiger partial charge on any atom is -0.484 e. The normalized spacial score (nSPS) is 16.2. The van der Waals surface area contributed by atoms with Crippen molar-refractivity contribution >= 4 is 17.5 Å². The summed E-state index contributed by atoms with van der Waals surface area (Å²) >= 11 is 0. The van der Waals surface area contributed by atoms with E-state index in [1.54, 1.807) is 17.0 Å². The van der Waals surface area contributed by atoms with Gasteiger partial charge in [0.25, 0.3) is 5.91 Å². The minimum atomic E-state index is -0.387. The second kappa shape index (κ2) is 9.26. The van der Waals surface area contributed by atoms with E-state index in [1.165, 1.54) is 29.7 Å². The SMILES string of the molecule is O=C(CN1CCN(C(=O)COc2ccc3c(c2)CCC3)CC1)Nc1cccc(F)c1. The van der Waals surface area contributed by atoms with E-state index in [4.69, 9.17) is 4.74 Å². The number of hydrogen-bond acceptors (Lipinski definition) is 4. The van der Waals surface area contributed by atoms with E-state index < -0.39 is 0 Å². The number of hydrogen-bond donors (Lipinski definition) is 1. The molecule has 6 nitrogen and oxygen atoms in total. The van der Waals surface area contributed by atoms with Crippen molar-refractivity contribution < 1.29 is 18.7 Å². The number of carbonyl (C=O) groups is 2. The third kappa shape index (κ3) is 5.16. The maximum absolute atomic E-state index is 13.2. The van der Waals surface area contributed by atoms with Gasteiger partial charge in [0.1, 0.15) is 11.6 Å². The number of aryl methyl sites for hydroxylation is 2. The molecular formula is C23H26FN3O3. The molecule has 0 spiro atoms. The molecule has 2 aromatic carbocycles. The molecule has 7 heteroatoms. The van der Waals surface area contributed by atoms with Crippen LogP contribution in [0.4, 0.5) is 10.1 Å². The van der Waals surface area contributed by atoms with Crippen molar-refractivity contribution in [3.63, 3.8) is 0 Å². The third-order valence-electron chi connectivity index (χ3n) is 5.63. The van der Waals surface area contributed by atoms with E-state index in [0.717, 1.165) is 18.6 Å². The standard InChI is InChI=1S/C23H26FN3O3/c24-19-5-2-6-20(14-19)25-22(28)15-26-9-11-27(12-10-26)23(29)16-30-21-8-7-17-3-1-4-18(17)13-21/h2,5-8,13-14H,1,3-4,9-12,15-16H2,(H,25,28). The number of nitrogens with one attached hydrogen (secondary N) is 1. The van der Waals surface area contributed by atoms with E-state index >= 15 is 0 Å². The Hall–Kier alpha value is -2.93. The van der Waals surface area contributed by atoms with Crippen LogP contribution in [0.1, 0.15) is 17.5 Å². The first-order valence-corrected chi connectivity index (χ1v) is 10.4. The largest absolute Gasteiger partial charge is 0.484 e. The molecule has 2 aliphatic rings. The van der Waals surface area contributed by atoms with Crippen LogP contribution < -0.4 is 10.1 Å². The number of piperazine rings is 1. The first kappa shape index (κ1) is 20.3. The molecule has 1 fully saturated rings. The molecule has 2 aromatic rings. The van der Waals surface area contributed by atoms with Crippen LogP contribution >= 0.6 is 0 Å². The summed E-state index contributed by atoms with van der Waals surface area (Å²) in [5, 5.41) is 2.70. The Bertz CT molecular complexity index is 926. The summed E-state index contributed by atoms with van der Waals surface area (Å²) in [7, 11) is 0. The number of halogens is 1. The summed E-state index contributed by atoms with van der Waals surface area (Å²) in [6, 6.07) is 11.9. The molecule has 0 aromatic heterocycles. The fourth-order valence-electron chi connectivity index (χ4n) is 4.00. The molecule has 0 radical (unpaired) electrons. The van der Waals surface area contributed by atoms with Crippen LogP contribution in [0.15, 0.2) is 42.5 Å². The van der Waals surface area contributed by atoms with Gasteiger partial charge in [0.05, 0.1) is 6.54 Å². The Morgan fingerprint density at radius 3 is 2.60 bits per heavy atom. The first-order chi connectivity index (χ1) is 14.6. The third-order valence-corrected chi connectivity index (χ3v) is 5.63. The number of carbonyl (C=O) groups excluding carboxylic acids is 2. The summed E-state index contributed by atoms with van der Waals surface area (Å²) in [4.78, 5) is 28.4. The maximum atomic E-state index is 13.2. The fraction of sp³-hybridized carbons (Fsp3) is 0.391. The Morgan fingerprint density at radius 1 is 1.00 bits per heavy atom. The summed E-state index contributed by atoms with van der Waals surface area (Å²) in [5.41, 5.74) is 3.15. The smallest absolute Gasteiger partial charge is 0.260 e. The molecule has 1 N–H and O–H groups in total. The number of fused-ring (bicyclic) bond motifs is 1. The number of nitrogens with zero attached hydrogens (tertiary/aromatic N) is 2. The van der Waals surface area contributed by atoms with Crippen LogP contribution in [0, 0.1) is 5.82 Å². The monoisotopic (exact) mass is 411 g/mol. The summed E-state index contributed by atoms with van der Waals surface area (Å²) in [6.07, 6.45) is 3.39. The predicted octanol–water partition coefficient (Wildman–Crippen LogP) is 2.48. The Kier molecular flexibility index (Phi) is 6.28. The van der Waals surface area contributed by atoms with Crippen molar-refractivity contribution in [2.45, 2.75) is 19.3 Å². The second-order valence-electron chi connectivity index (χ2n) is 7.79. The molecule has 1 heterocycles. The number of benzene rings is 2. The van der Waals surface area contributed by atoms with Crippen LogP contribution in [0.25, 0.3) is 0 Å². The minimum absolute atomic E-state index is 0.0266. The summed E-state index contributed by atoms with van der Waals surface area (Å²) in [6.45, 7) is 2.57. The molecule has 158 valence electrons. The van der Waals surface area contributed by atoms with Crippen LogP contribution in [-0.2, 0) is 22.4 Å². The predicted molar refractivity (Wildman–Crippen MR) is 112 cm³/mol. The van der Waals surface area contributed by atoms with Gasteiger partial charge in [0, 0.05) is 31.9 Å². The molecule has 0 bridgehead atoms. The Labute approximate surface area is 175 Å². The van der Waals surface area contributed by atoms with Gasteiger partial charge in [-0.25, -0.2) is 4.39 Å². The van der Waals surface area contributed by atoms with Crippen molar-refractivity contribution in [2.75, 3.05) is 44.6 Å². The highest BCUT2D eigenvalue weighted by Crippen LogP contribution is 2.26. The quantitative estimate of drug-likeness (QED) is 0.793. The number of ether oxygens (including phenoxy) is 1. The van der Waals surface area contributed by atoms with Crippen molar-refractivity contribution in [3.05, 3.63) is 59.4 Å². The van der Waals surface area contributed by atoms with Gasteiger partial charge in [-0.15, -0.1) is 0 Å². The van der Waals surface area contributed by atoms with Crippen LogP contribution in [0.5, 0.6) is 5.75 Å². The highest BCUT2D eigenvalue weighted by atomic mass is 19.1. The average molecular weight is 411 g/mol. The van der Waals surface area contributed by atoms with Gasteiger partial charge in [0.15, 0.2) is 6.61 Å². The van der Waals surface area contributed by atoms with Gasteiger partial charge in [-0.1, -0.05) is 12.1 Å². The zero-order valence-corrected chi connectivity index (χ0v) is 16.9. The lowest BCUT2D eigenvalue weighted by molar-refractivity contribution is -0.135. The van der Waals surface area contributed by atoms with Crippen LogP contribution in [0.3, 0.4) is 0 Å². The molecule has 1 saturated heterocycles. The van der Waals surface area contributed by atoms with E-state index in [2.05, 4.69) is 11.4 Å². The van der Waals surface area contributed by atoms with Gasteiger partial charge in [-0.05, 0) is 60.7 Å². The molecule has 4 rings (SSSR count). The number of amides is 2. The van der Waals surface area contributed by atoms with E-state index in [0.29, 0.717) is 31.9 Å².